The van der Waals surface area contributed by atoms with Gasteiger partial charge in [0.2, 0.25) is 0 Å². The van der Waals surface area contributed by atoms with Gasteiger partial charge in [-0.15, -0.1) is 0 Å². The van der Waals surface area contributed by atoms with Crippen LogP contribution in [0.4, 0.5) is 34.1 Å². The van der Waals surface area contributed by atoms with Crippen LogP contribution in [0.15, 0.2) is 239 Å². The summed E-state index contributed by atoms with van der Waals surface area (Å²) in [5.41, 5.74) is 24.0. The molecule has 0 aliphatic heterocycles. The van der Waals surface area contributed by atoms with Gasteiger partial charge in [-0.1, -0.05) is 217 Å². The molecule has 2 heterocycles. The van der Waals surface area contributed by atoms with Crippen LogP contribution in [-0.2, 0) is 27.1 Å². The van der Waals surface area contributed by atoms with Crippen molar-refractivity contribution < 1.29 is 8.83 Å². The van der Waals surface area contributed by atoms with E-state index in [1.807, 2.05) is 0 Å². The van der Waals surface area contributed by atoms with Crippen LogP contribution in [0, 0.1) is 0 Å². The molecule has 0 atom stereocenters. The number of benzene rings is 12. The summed E-state index contributed by atoms with van der Waals surface area (Å²) in [5.74, 6) is 0. The van der Waals surface area contributed by atoms with Crippen molar-refractivity contribution in [3.05, 3.63) is 275 Å². The molecule has 2 aliphatic carbocycles. The predicted octanol–water partition coefficient (Wildman–Crippen LogP) is 24.3. The normalized spacial score (nSPS) is 13.7. The average molecular weight is 1160 g/mol. The molecule has 4 nitrogen and oxygen atoms in total. The minimum Gasteiger partial charge on any atom is -0.456 e. The summed E-state index contributed by atoms with van der Waals surface area (Å²) >= 11 is 0. The van der Waals surface area contributed by atoms with Crippen LogP contribution in [0.5, 0.6) is 0 Å². The fraction of sp³-hybridized carbons (Fsp3) is 0.200. The maximum atomic E-state index is 7.05. The third-order valence-corrected chi connectivity index (χ3v) is 19.7. The zero-order valence-corrected chi connectivity index (χ0v) is 53.2. The Labute approximate surface area is 522 Å². The molecular formula is C85H74N2O2. The van der Waals surface area contributed by atoms with E-state index in [0.717, 1.165) is 99.5 Å². The smallest absolute Gasteiger partial charge is 0.136 e. The Morgan fingerprint density at radius 1 is 0.258 bits per heavy atom. The van der Waals surface area contributed by atoms with E-state index in [9.17, 15) is 0 Å². The van der Waals surface area contributed by atoms with Crippen molar-refractivity contribution in [3.8, 4) is 22.3 Å². The molecule has 2 aliphatic rings. The van der Waals surface area contributed by atoms with Crippen molar-refractivity contribution in [3.63, 3.8) is 0 Å². The summed E-state index contributed by atoms with van der Waals surface area (Å²) < 4.78 is 14.0. The number of hydrogen-bond acceptors (Lipinski definition) is 4. The highest BCUT2D eigenvalue weighted by Crippen LogP contribution is 2.67. The highest BCUT2D eigenvalue weighted by Gasteiger charge is 2.54. The summed E-state index contributed by atoms with van der Waals surface area (Å²) in [4.78, 5) is 5.05. The Bertz CT molecular complexity index is 5040. The van der Waals surface area contributed by atoms with Gasteiger partial charge in [-0.2, -0.15) is 0 Å². The largest absolute Gasteiger partial charge is 0.456 e. The van der Waals surface area contributed by atoms with Crippen LogP contribution >= 0.6 is 0 Å². The molecule has 0 bridgehead atoms. The van der Waals surface area contributed by atoms with Crippen LogP contribution in [0.1, 0.15) is 128 Å². The van der Waals surface area contributed by atoms with Gasteiger partial charge in [0.1, 0.15) is 22.3 Å². The third-order valence-electron chi connectivity index (χ3n) is 19.7. The highest BCUT2D eigenvalue weighted by atomic mass is 16.3. The SMILES string of the molecule is CC(C)(C)c1ccc(N(c2ccc(C(C)(C)C)cc2)c2cc3c(c4cc5oc6ccccc6c5cc24)-c2c(cc(N(c4ccc(C(C)(C)C)cc4)c4ccc(C(C)(C)C)cc4)c4cc5oc6ccccc6c5cc24)C32c3ccccc3-c3ccccc32)cc1. The number of fused-ring (bicyclic) bond motifs is 20. The molecule has 16 rings (SSSR count). The first kappa shape index (κ1) is 54.7. The van der Waals surface area contributed by atoms with Gasteiger partial charge in [0.15, 0.2) is 0 Å². The highest BCUT2D eigenvalue weighted by molar-refractivity contribution is 6.24. The monoisotopic (exact) mass is 1150 g/mol. The standard InChI is InChI=1S/C85H74N2O2/c1-81(2,3)51-29-37-55(38-30-51)86(56-39-31-52(32-40-56)82(4,5)6)73-49-72-80(68-48-78-65(45-63(68)73)61-23-15-19-27-75(61)89-78)79-67-46-66-62-24-16-20-28-76(62)88-77(66)47-64(67)74(50-71(79)85(72)69-25-17-13-21-59(69)60-22-14-18-26-70(60)85)87(57-41-33-53(34-42-57)83(7,8)9)58-43-35-54(36-44-58)84(10,11)12/h13-50H,1-12H3. The number of rotatable bonds is 6. The number of nitrogens with zero attached hydrogens (tertiary/aromatic N) is 2. The first-order chi connectivity index (χ1) is 42.6. The predicted molar refractivity (Wildman–Crippen MR) is 376 cm³/mol. The molecule has 0 fully saturated rings. The van der Waals surface area contributed by atoms with Gasteiger partial charge < -0.3 is 18.6 Å². The van der Waals surface area contributed by atoms with E-state index in [4.69, 9.17) is 8.83 Å². The topological polar surface area (TPSA) is 32.8 Å². The summed E-state index contributed by atoms with van der Waals surface area (Å²) in [6.45, 7) is 27.6. The molecule has 89 heavy (non-hydrogen) atoms. The number of para-hydroxylation sites is 2. The van der Waals surface area contributed by atoms with Crippen LogP contribution in [-0.4, -0.2) is 0 Å². The van der Waals surface area contributed by atoms with Crippen molar-refractivity contribution in [2.45, 2.75) is 110 Å². The van der Waals surface area contributed by atoms with E-state index in [1.165, 1.54) is 66.8 Å². The second kappa shape index (κ2) is 19.2. The minimum absolute atomic E-state index is 0.0371. The summed E-state index contributed by atoms with van der Waals surface area (Å²) in [6.07, 6.45) is 0. The van der Waals surface area contributed by atoms with Gasteiger partial charge >= 0.3 is 0 Å². The summed E-state index contributed by atoms with van der Waals surface area (Å²) in [7, 11) is 0. The molecule has 1 spiro atoms. The van der Waals surface area contributed by atoms with Crippen molar-refractivity contribution in [1.82, 2.24) is 0 Å². The van der Waals surface area contributed by atoms with E-state index in [2.05, 4.69) is 323 Å². The van der Waals surface area contributed by atoms with E-state index in [0.29, 0.717) is 0 Å². The van der Waals surface area contributed by atoms with Crippen molar-refractivity contribution in [2.75, 3.05) is 9.80 Å². The number of anilines is 6. The molecule has 14 aromatic rings. The van der Waals surface area contributed by atoms with Crippen molar-refractivity contribution in [1.29, 1.82) is 0 Å². The van der Waals surface area contributed by atoms with E-state index in [-0.39, 0.29) is 21.7 Å². The van der Waals surface area contributed by atoms with Crippen LogP contribution in [0.2, 0.25) is 0 Å². The zero-order valence-electron chi connectivity index (χ0n) is 53.2. The van der Waals surface area contributed by atoms with E-state index in [1.54, 1.807) is 0 Å². The molecule has 2 aromatic heterocycles. The Morgan fingerprint density at radius 3 is 0.933 bits per heavy atom. The summed E-state index contributed by atoms with van der Waals surface area (Å²) in [6, 6.07) is 87.7. The lowest BCUT2D eigenvalue weighted by Gasteiger charge is -2.34. The maximum absolute atomic E-state index is 7.05. The Morgan fingerprint density at radius 2 is 0.562 bits per heavy atom. The van der Waals surface area contributed by atoms with Gasteiger partial charge in [-0.25, -0.2) is 0 Å². The molecule has 0 N–H and O–H groups in total. The van der Waals surface area contributed by atoms with E-state index < -0.39 is 5.41 Å². The molecule has 0 saturated heterocycles. The lowest BCUT2D eigenvalue weighted by Crippen LogP contribution is -2.27. The van der Waals surface area contributed by atoms with Crippen LogP contribution in [0.25, 0.3) is 87.7 Å². The molecule has 0 unspecified atom stereocenters. The van der Waals surface area contributed by atoms with Crippen molar-refractivity contribution in [2.24, 2.45) is 0 Å². The molecule has 436 valence electrons. The maximum Gasteiger partial charge on any atom is 0.136 e. The Kier molecular flexibility index (Phi) is 11.8. The average Bonchev–Trinajstić information content (AvgIpc) is 1.63. The molecule has 4 heteroatoms. The second-order valence-electron chi connectivity index (χ2n) is 29.3. The molecule has 0 saturated carbocycles. The first-order valence-corrected chi connectivity index (χ1v) is 31.7. The number of furan rings is 2. The summed E-state index contributed by atoms with van der Waals surface area (Å²) in [5, 5.41) is 8.88. The van der Waals surface area contributed by atoms with Gasteiger partial charge in [0, 0.05) is 55.1 Å². The quantitative estimate of drug-likeness (QED) is 0.166. The van der Waals surface area contributed by atoms with Gasteiger partial charge in [-0.05, 0) is 196 Å². The van der Waals surface area contributed by atoms with Gasteiger partial charge in [0.05, 0.1) is 16.8 Å². The fourth-order valence-electron chi connectivity index (χ4n) is 15.0. The van der Waals surface area contributed by atoms with Crippen molar-refractivity contribution >= 4 is 99.5 Å². The van der Waals surface area contributed by atoms with Crippen LogP contribution in [0.3, 0.4) is 0 Å². The lowest BCUT2D eigenvalue weighted by atomic mass is 9.70. The molecule has 12 aromatic carbocycles. The number of hydrogen-bond donors (Lipinski definition) is 0. The molecule has 0 radical (unpaired) electrons. The Balaban J connectivity index is 1.11. The minimum atomic E-state index is -0.810. The molecular weight excluding hydrogens is 1080 g/mol. The van der Waals surface area contributed by atoms with Crippen LogP contribution < -0.4 is 9.80 Å². The first-order valence-electron chi connectivity index (χ1n) is 31.7. The fourth-order valence-corrected chi connectivity index (χ4v) is 15.0. The zero-order chi connectivity index (χ0) is 61.3. The molecule has 0 amide bonds. The third kappa shape index (κ3) is 8.32. The van der Waals surface area contributed by atoms with E-state index >= 15 is 0 Å². The van der Waals surface area contributed by atoms with Gasteiger partial charge in [0.25, 0.3) is 0 Å². The van der Waals surface area contributed by atoms with Gasteiger partial charge in [-0.3, -0.25) is 0 Å². The Hall–Kier alpha value is -9.64. The lowest BCUT2D eigenvalue weighted by molar-refractivity contribution is 0.590. The second-order valence-corrected chi connectivity index (χ2v) is 29.3.